The lowest BCUT2D eigenvalue weighted by Gasteiger charge is -2.24. The maximum atomic E-state index is 13.5. The van der Waals surface area contributed by atoms with E-state index < -0.39 is 0 Å². The van der Waals surface area contributed by atoms with Gasteiger partial charge in [0, 0.05) is 6.04 Å². The normalized spacial score (nSPS) is 17.7. The third-order valence-corrected chi connectivity index (χ3v) is 3.75. The summed E-state index contributed by atoms with van der Waals surface area (Å²) in [5, 5.41) is 3.30. The molecule has 0 radical (unpaired) electrons. The third-order valence-electron chi connectivity index (χ3n) is 2.70. The molecule has 15 heavy (non-hydrogen) atoms. The van der Waals surface area contributed by atoms with Gasteiger partial charge < -0.3 is 5.32 Å². The highest BCUT2D eigenvalue weighted by Gasteiger charge is 2.14. The Morgan fingerprint density at radius 2 is 2.07 bits per heavy atom. The van der Waals surface area contributed by atoms with Gasteiger partial charge in [-0.1, -0.05) is 6.07 Å². The standard InChI is InChI=1S/C12H16FNS/c1-9-2-3-11(13)12(8-9)14-10-4-6-15-7-5-10/h2-3,8,10,14H,4-7H2,1H3. The van der Waals surface area contributed by atoms with Crippen LogP contribution in [-0.4, -0.2) is 17.5 Å². The highest BCUT2D eigenvalue weighted by Crippen LogP contribution is 2.23. The molecule has 1 aliphatic heterocycles. The second-order valence-corrected chi connectivity index (χ2v) is 5.24. The van der Waals surface area contributed by atoms with Crippen LogP contribution in [0.3, 0.4) is 0 Å². The molecule has 0 amide bonds. The molecule has 0 unspecified atom stereocenters. The Morgan fingerprint density at radius 3 is 2.80 bits per heavy atom. The molecular formula is C12H16FNS. The molecule has 1 saturated heterocycles. The average Bonchev–Trinajstić information content (AvgIpc) is 2.25. The molecule has 0 atom stereocenters. The average molecular weight is 225 g/mol. The molecule has 0 bridgehead atoms. The van der Waals surface area contributed by atoms with Gasteiger partial charge in [0.25, 0.3) is 0 Å². The van der Waals surface area contributed by atoms with Crippen molar-refractivity contribution in [2.75, 3.05) is 16.8 Å². The van der Waals surface area contributed by atoms with Gasteiger partial charge in [0.05, 0.1) is 5.69 Å². The molecule has 0 aromatic heterocycles. The SMILES string of the molecule is Cc1ccc(F)c(NC2CCSCC2)c1. The lowest BCUT2D eigenvalue weighted by Crippen LogP contribution is -2.24. The van der Waals surface area contributed by atoms with Crippen LogP contribution in [0.25, 0.3) is 0 Å². The van der Waals surface area contributed by atoms with E-state index in [4.69, 9.17) is 0 Å². The fourth-order valence-electron chi connectivity index (χ4n) is 1.81. The van der Waals surface area contributed by atoms with Crippen molar-refractivity contribution in [1.82, 2.24) is 0 Å². The van der Waals surface area contributed by atoms with Crippen molar-refractivity contribution >= 4 is 17.4 Å². The molecule has 1 heterocycles. The Bertz CT molecular complexity index is 334. The fraction of sp³-hybridized carbons (Fsp3) is 0.500. The highest BCUT2D eigenvalue weighted by molar-refractivity contribution is 7.99. The minimum atomic E-state index is -0.140. The summed E-state index contributed by atoms with van der Waals surface area (Å²) in [5.41, 5.74) is 1.76. The van der Waals surface area contributed by atoms with Crippen molar-refractivity contribution in [2.24, 2.45) is 0 Å². The number of hydrogen-bond acceptors (Lipinski definition) is 2. The first kappa shape index (κ1) is 10.8. The van der Waals surface area contributed by atoms with Crippen LogP contribution in [0.15, 0.2) is 18.2 Å². The van der Waals surface area contributed by atoms with Crippen molar-refractivity contribution < 1.29 is 4.39 Å². The summed E-state index contributed by atoms with van der Waals surface area (Å²) in [5.74, 6) is 2.23. The van der Waals surface area contributed by atoms with Crippen LogP contribution in [-0.2, 0) is 0 Å². The molecule has 0 saturated carbocycles. The summed E-state index contributed by atoms with van der Waals surface area (Å²) in [6, 6.07) is 5.67. The molecule has 1 aromatic rings. The molecule has 1 nitrogen and oxygen atoms in total. The summed E-state index contributed by atoms with van der Waals surface area (Å²) in [4.78, 5) is 0. The molecule has 82 valence electrons. The Hall–Kier alpha value is -0.700. The third kappa shape index (κ3) is 2.88. The Balaban J connectivity index is 2.05. The summed E-state index contributed by atoms with van der Waals surface area (Å²) >= 11 is 1.98. The molecule has 1 aromatic carbocycles. The lowest BCUT2D eigenvalue weighted by molar-refractivity contribution is 0.614. The van der Waals surface area contributed by atoms with E-state index in [-0.39, 0.29) is 5.82 Å². The Labute approximate surface area is 94.5 Å². The van der Waals surface area contributed by atoms with E-state index in [1.165, 1.54) is 17.6 Å². The summed E-state index contributed by atoms with van der Waals surface area (Å²) in [7, 11) is 0. The van der Waals surface area contributed by atoms with Crippen molar-refractivity contribution in [1.29, 1.82) is 0 Å². The van der Waals surface area contributed by atoms with Crippen LogP contribution in [0.1, 0.15) is 18.4 Å². The molecule has 3 heteroatoms. The number of anilines is 1. The predicted octanol–water partition coefficient (Wildman–Crippen LogP) is 3.44. The lowest BCUT2D eigenvalue weighted by atomic mass is 10.1. The number of aryl methyl sites for hydroxylation is 1. The van der Waals surface area contributed by atoms with E-state index in [9.17, 15) is 4.39 Å². The minimum Gasteiger partial charge on any atom is -0.380 e. The largest absolute Gasteiger partial charge is 0.380 e. The monoisotopic (exact) mass is 225 g/mol. The number of hydrogen-bond donors (Lipinski definition) is 1. The number of halogens is 1. The summed E-state index contributed by atoms with van der Waals surface area (Å²) in [6.45, 7) is 1.99. The van der Waals surface area contributed by atoms with Crippen molar-refractivity contribution in [3.8, 4) is 0 Å². The van der Waals surface area contributed by atoms with E-state index in [2.05, 4.69) is 5.32 Å². The van der Waals surface area contributed by atoms with Crippen molar-refractivity contribution in [2.45, 2.75) is 25.8 Å². The molecular weight excluding hydrogens is 209 g/mol. The van der Waals surface area contributed by atoms with Gasteiger partial charge in [0.1, 0.15) is 5.82 Å². The number of benzene rings is 1. The van der Waals surface area contributed by atoms with E-state index >= 15 is 0 Å². The van der Waals surface area contributed by atoms with Gasteiger partial charge in [-0.25, -0.2) is 4.39 Å². The smallest absolute Gasteiger partial charge is 0.146 e. The van der Waals surface area contributed by atoms with E-state index in [0.29, 0.717) is 11.7 Å². The van der Waals surface area contributed by atoms with Gasteiger partial charge in [0.15, 0.2) is 0 Å². The second-order valence-electron chi connectivity index (χ2n) is 4.01. The molecule has 1 aliphatic rings. The molecule has 0 aliphatic carbocycles. The molecule has 2 rings (SSSR count). The second kappa shape index (κ2) is 4.88. The van der Waals surface area contributed by atoms with Gasteiger partial charge in [-0.05, 0) is 49.0 Å². The first-order chi connectivity index (χ1) is 7.25. The zero-order valence-electron chi connectivity index (χ0n) is 8.92. The quantitative estimate of drug-likeness (QED) is 0.827. The fourth-order valence-corrected chi connectivity index (χ4v) is 2.92. The predicted molar refractivity (Wildman–Crippen MR) is 65.1 cm³/mol. The number of rotatable bonds is 2. The van der Waals surface area contributed by atoms with Crippen LogP contribution < -0.4 is 5.32 Å². The highest BCUT2D eigenvalue weighted by atomic mass is 32.2. The van der Waals surface area contributed by atoms with Gasteiger partial charge in [-0.3, -0.25) is 0 Å². The van der Waals surface area contributed by atoms with Crippen LogP contribution >= 0.6 is 11.8 Å². The van der Waals surface area contributed by atoms with Gasteiger partial charge in [-0.15, -0.1) is 0 Å². The topological polar surface area (TPSA) is 12.0 Å². The number of nitrogens with one attached hydrogen (secondary N) is 1. The Morgan fingerprint density at radius 1 is 1.33 bits per heavy atom. The molecule has 1 fully saturated rings. The van der Waals surface area contributed by atoms with Crippen LogP contribution in [0.4, 0.5) is 10.1 Å². The van der Waals surface area contributed by atoms with E-state index in [1.807, 2.05) is 24.8 Å². The zero-order valence-corrected chi connectivity index (χ0v) is 9.74. The van der Waals surface area contributed by atoms with E-state index in [1.54, 1.807) is 6.07 Å². The van der Waals surface area contributed by atoms with Crippen molar-refractivity contribution in [3.63, 3.8) is 0 Å². The van der Waals surface area contributed by atoms with Crippen LogP contribution in [0.5, 0.6) is 0 Å². The first-order valence-electron chi connectivity index (χ1n) is 5.36. The van der Waals surface area contributed by atoms with Crippen LogP contribution in [0.2, 0.25) is 0 Å². The molecule has 0 spiro atoms. The summed E-state index contributed by atoms with van der Waals surface area (Å²) < 4.78 is 13.5. The van der Waals surface area contributed by atoms with Gasteiger partial charge in [-0.2, -0.15) is 11.8 Å². The van der Waals surface area contributed by atoms with Crippen molar-refractivity contribution in [3.05, 3.63) is 29.6 Å². The zero-order chi connectivity index (χ0) is 10.7. The van der Waals surface area contributed by atoms with Gasteiger partial charge in [0.2, 0.25) is 0 Å². The first-order valence-corrected chi connectivity index (χ1v) is 6.51. The van der Waals surface area contributed by atoms with Gasteiger partial charge >= 0.3 is 0 Å². The maximum absolute atomic E-state index is 13.5. The summed E-state index contributed by atoms with van der Waals surface area (Å²) in [6.07, 6.45) is 2.27. The maximum Gasteiger partial charge on any atom is 0.146 e. The van der Waals surface area contributed by atoms with E-state index in [0.717, 1.165) is 18.4 Å². The molecule has 1 N–H and O–H groups in total. The number of thioether (sulfide) groups is 1. The van der Waals surface area contributed by atoms with Crippen LogP contribution in [0, 0.1) is 12.7 Å². The Kier molecular flexibility index (Phi) is 3.52. The minimum absolute atomic E-state index is 0.140.